The summed E-state index contributed by atoms with van der Waals surface area (Å²) in [5.41, 5.74) is 0. The predicted molar refractivity (Wildman–Crippen MR) is 59.9 cm³/mol. The van der Waals surface area contributed by atoms with Gasteiger partial charge >= 0.3 is 0 Å². The van der Waals surface area contributed by atoms with E-state index in [4.69, 9.17) is 4.74 Å². The number of hydrogen-bond donors (Lipinski definition) is 1. The molecule has 3 saturated heterocycles. The second kappa shape index (κ2) is 4.04. The third-order valence-electron chi connectivity index (χ3n) is 4.29. The van der Waals surface area contributed by atoms with Crippen molar-refractivity contribution < 1.29 is 4.74 Å². The molecule has 0 saturated carbocycles. The van der Waals surface area contributed by atoms with Crippen LogP contribution in [0.3, 0.4) is 0 Å². The van der Waals surface area contributed by atoms with Gasteiger partial charge in [-0.05, 0) is 37.8 Å². The van der Waals surface area contributed by atoms with Crippen LogP contribution < -0.4 is 5.32 Å². The minimum Gasteiger partial charge on any atom is -0.372 e. The van der Waals surface area contributed by atoms with Gasteiger partial charge in [0.15, 0.2) is 0 Å². The maximum absolute atomic E-state index is 5.86. The van der Waals surface area contributed by atoms with Crippen molar-refractivity contribution in [1.29, 1.82) is 0 Å². The molecule has 0 aromatic heterocycles. The Hall–Kier alpha value is -0.120. The van der Waals surface area contributed by atoms with Gasteiger partial charge < -0.3 is 10.1 Å². The lowest BCUT2D eigenvalue weighted by molar-refractivity contribution is -0.0430. The van der Waals surface area contributed by atoms with Gasteiger partial charge in [-0.15, -0.1) is 0 Å². The van der Waals surface area contributed by atoms with Gasteiger partial charge in [0.2, 0.25) is 0 Å². The van der Waals surface area contributed by atoms with Gasteiger partial charge in [-0.1, -0.05) is 6.92 Å². The molecule has 4 atom stereocenters. The first kappa shape index (κ1) is 10.1. The Bertz CT molecular complexity index is 222. The number of hydrogen-bond acceptors (Lipinski definition) is 3. The fraction of sp³-hybridized carbons (Fsp3) is 1.00. The topological polar surface area (TPSA) is 24.5 Å². The molecule has 86 valence electrons. The lowest BCUT2D eigenvalue weighted by Crippen LogP contribution is -2.45. The quantitative estimate of drug-likeness (QED) is 0.726. The predicted octanol–water partition coefficient (Wildman–Crippen LogP) is 0.705. The summed E-state index contributed by atoms with van der Waals surface area (Å²) in [4.78, 5) is 2.64. The van der Waals surface area contributed by atoms with Crippen molar-refractivity contribution in [3.05, 3.63) is 0 Å². The molecule has 15 heavy (non-hydrogen) atoms. The standard InChI is InChI=1S/C12H22N2O/c1-9-4-13-5-10(9)6-14-7-11-2-3-12(8-14)15-11/h9-13H,2-8H2,1H3. The minimum atomic E-state index is 0.549. The monoisotopic (exact) mass is 210 g/mol. The van der Waals surface area contributed by atoms with E-state index in [-0.39, 0.29) is 0 Å². The molecule has 3 fully saturated rings. The summed E-state index contributed by atoms with van der Waals surface area (Å²) in [6, 6.07) is 0. The van der Waals surface area contributed by atoms with E-state index in [1.165, 1.54) is 45.6 Å². The van der Waals surface area contributed by atoms with Gasteiger partial charge in [-0.25, -0.2) is 0 Å². The van der Waals surface area contributed by atoms with E-state index in [2.05, 4.69) is 17.1 Å². The van der Waals surface area contributed by atoms with E-state index in [0.29, 0.717) is 12.2 Å². The van der Waals surface area contributed by atoms with Crippen LogP contribution in [0.25, 0.3) is 0 Å². The molecule has 0 radical (unpaired) electrons. The maximum Gasteiger partial charge on any atom is 0.0707 e. The first-order valence-corrected chi connectivity index (χ1v) is 6.40. The molecule has 2 bridgehead atoms. The van der Waals surface area contributed by atoms with Crippen LogP contribution in [0.2, 0.25) is 0 Å². The minimum absolute atomic E-state index is 0.549. The van der Waals surface area contributed by atoms with Crippen molar-refractivity contribution in [2.24, 2.45) is 11.8 Å². The van der Waals surface area contributed by atoms with Crippen molar-refractivity contribution in [3.8, 4) is 0 Å². The van der Waals surface area contributed by atoms with E-state index < -0.39 is 0 Å². The summed E-state index contributed by atoms with van der Waals surface area (Å²) >= 11 is 0. The summed E-state index contributed by atoms with van der Waals surface area (Å²) in [6.45, 7) is 8.44. The number of nitrogens with one attached hydrogen (secondary N) is 1. The molecular weight excluding hydrogens is 188 g/mol. The fourth-order valence-electron chi connectivity index (χ4n) is 3.29. The Kier molecular flexibility index (Phi) is 2.71. The van der Waals surface area contributed by atoms with Crippen LogP contribution in [0, 0.1) is 11.8 Å². The summed E-state index contributed by atoms with van der Waals surface area (Å²) in [5.74, 6) is 1.72. The molecule has 0 spiro atoms. The molecule has 3 aliphatic rings. The number of nitrogens with zero attached hydrogens (tertiary/aromatic N) is 1. The summed E-state index contributed by atoms with van der Waals surface area (Å²) in [7, 11) is 0. The molecular formula is C12H22N2O. The average molecular weight is 210 g/mol. The zero-order valence-electron chi connectivity index (χ0n) is 9.61. The van der Waals surface area contributed by atoms with E-state index in [0.717, 1.165) is 11.8 Å². The number of morpholine rings is 1. The molecule has 4 unspecified atom stereocenters. The normalized spacial score (nSPS) is 46.2. The molecule has 3 aliphatic heterocycles. The van der Waals surface area contributed by atoms with Gasteiger partial charge in [0, 0.05) is 19.6 Å². The molecule has 0 amide bonds. The van der Waals surface area contributed by atoms with Gasteiger partial charge in [0.05, 0.1) is 12.2 Å². The Labute approximate surface area is 92.2 Å². The van der Waals surface area contributed by atoms with E-state index in [9.17, 15) is 0 Å². The van der Waals surface area contributed by atoms with Gasteiger partial charge in [-0.2, -0.15) is 0 Å². The second-order valence-corrected chi connectivity index (χ2v) is 5.57. The zero-order valence-corrected chi connectivity index (χ0v) is 9.61. The highest BCUT2D eigenvalue weighted by atomic mass is 16.5. The highest BCUT2D eigenvalue weighted by molar-refractivity contribution is 4.88. The lowest BCUT2D eigenvalue weighted by atomic mass is 9.97. The van der Waals surface area contributed by atoms with Gasteiger partial charge in [0.25, 0.3) is 0 Å². The molecule has 3 nitrogen and oxygen atoms in total. The molecule has 0 aliphatic carbocycles. The highest BCUT2D eigenvalue weighted by Crippen LogP contribution is 2.27. The average Bonchev–Trinajstić information content (AvgIpc) is 2.75. The third kappa shape index (κ3) is 2.05. The Morgan fingerprint density at radius 3 is 2.53 bits per heavy atom. The lowest BCUT2D eigenvalue weighted by Gasteiger charge is -2.34. The van der Waals surface area contributed by atoms with Crippen molar-refractivity contribution in [3.63, 3.8) is 0 Å². The van der Waals surface area contributed by atoms with Crippen LogP contribution in [-0.2, 0) is 4.74 Å². The van der Waals surface area contributed by atoms with Crippen molar-refractivity contribution >= 4 is 0 Å². The maximum atomic E-state index is 5.86. The summed E-state index contributed by atoms with van der Waals surface area (Å²) in [5, 5.41) is 3.49. The van der Waals surface area contributed by atoms with Crippen molar-refractivity contribution in [2.45, 2.75) is 32.0 Å². The Balaban J connectivity index is 1.55. The van der Waals surface area contributed by atoms with Crippen molar-refractivity contribution in [2.75, 3.05) is 32.7 Å². The fourth-order valence-corrected chi connectivity index (χ4v) is 3.29. The molecule has 0 aromatic rings. The number of ether oxygens (including phenoxy) is 1. The Morgan fingerprint density at radius 2 is 1.93 bits per heavy atom. The number of likely N-dealkylation sites (tertiary alicyclic amines) is 1. The van der Waals surface area contributed by atoms with Crippen molar-refractivity contribution in [1.82, 2.24) is 10.2 Å². The summed E-state index contributed by atoms with van der Waals surface area (Å²) in [6.07, 6.45) is 3.68. The smallest absolute Gasteiger partial charge is 0.0707 e. The largest absolute Gasteiger partial charge is 0.372 e. The van der Waals surface area contributed by atoms with Gasteiger partial charge in [0.1, 0.15) is 0 Å². The molecule has 1 N–H and O–H groups in total. The van der Waals surface area contributed by atoms with E-state index in [1.54, 1.807) is 0 Å². The SMILES string of the molecule is CC1CNCC1CN1CC2CCC(C1)O2. The van der Waals surface area contributed by atoms with Crippen LogP contribution in [0.4, 0.5) is 0 Å². The third-order valence-corrected chi connectivity index (χ3v) is 4.29. The molecule has 3 heteroatoms. The number of fused-ring (bicyclic) bond motifs is 2. The second-order valence-electron chi connectivity index (χ2n) is 5.57. The van der Waals surface area contributed by atoms with E-state index in [1.807, 2.05) is 0 Å². The first-order valence-electron chi connectivity index (χ1n) is 6.40. The number of rotatable bonds is 2. The Morgan fingerprint density at radius 1 is 1.20 bits per heavy atom. The van der Waals surface area contributed by atoms with Crippen LogP contribution in [0.5, 0.6) is 0 Å². The van der Waals surface area contributed by atoms with Crippen LogP contribution >= 0.6 is 0 Å². The zero-order chi connectivity index (χ0) is 10.3. The van der Waals surface area contributed by atoms with Crippen LogP contribution in [-0.4, -0.2) is 49.8 Å². The van der Waals surface area contributed by atoms with E-state index >= 15 is 0 Å². The first-order chi connectivity index (χ1) is 7.31. The summed E-state index contributed by atoms with van der Waals surface area (Å²) < 4.78 is 5.86. The van der Waals surface area contributed by atoms with Gasteiger partial charge in [-0.3, -0.25) is 4.90 Å². The van der Waals surface area contributed by atoms with Crippen LogP contribution in [0.1, 0.15) is 19.8 Å². The molecule has 3 heterocycles. The molecule has 0 aromatic carbocycles. The molecule has 3 rings (SSSR count). The van der Waals surface area contributed by atoms with Crippen LogP contribution in [0.15, 0.2) is 0 Å². The highest BCUT2D eigenvalue weighted by Gasteiger charge is 2.35.